The summed E-state index contributed by atoms with van der Waals surface area (Å²) >= 11 is 0. The average molecular weight is 476 g/mol. The van der Waals surface area contributed by atoms with E-state index in [0.717, 1.165) is 5.56 Å². The lowest BCUT2D eigenvalue weighted by Crippen LogP contribution is -2.59. The number of nitrogens with zero attached hydrogens (tertiary/aromatic N) is 1. The fraction of sp³-hybridized carbons (Fsp3) is 0.600. The maximum Gasteiger partial charge on any atom is 0.410 e. The first-order valence-electron chi connectivity index (χ1n) is 11.6. The minimum atomic E-state index is -1.16. The maximum atomic E-state index is 13.7. The Morgan fingerprint density at radius 2 is 1.56 bits per heavy atom. The van der Waals surface area contributed by atoms with Crippen LogP contribution in [0.1, 0.15) is 59.9 Å². The largest absolute Gasteiger partial charge is 0.480 e. The number of hydrogen-bond donors (Lipinski definition) is 3. The Labute approximate surface area is 201 Å². The molecular weight excluding hydrogens is 438 g/mol. The number of hydrogen-bond acceptors (Lipinski definition) is 5. The molecule has 1 aromatic rings. The van der Waals surface area contributed by atoms with Gasteiger partial charge in [-0.15, -0.1) is 0 Å². The molecule has 0 saturated carbocycles. The van der Waals surface area contributed by atoms with Crippen LogP contribution >= 0.6 is 0 Å². The van der Waals surface area contributed by atoms with Crippen LogP contribution in [0.5, 0.6) is 0 Å². The lowest BCUT2D eigenvalue weighted by atomic mass is 9.71. The number of likely N-dealkylation sites (tertiary alicyclic amines) is 1. The average Bonchev–Trinajstić information content (AvgIpc) is 2.76. The second-order valence-electron chi connectivity index (χ2n) is 10.2. The van der Waals surface area contributed by atoms with Gasteiger partial charge in [0.2, 0.25) is 11.8 Å². The van der Waals surface area contributed by atoms with Crippen LogP contribution in [0.3, 0.4) is 0 Å². The highest BCUT2D eigenvalue weighted by atomic mass is 16.6. The van der Waals surface area contributed by atoms with E-state index < -0.39 is 41.1 Å². The molecule has 188 valence electrons. The molecule has 0 radical (unpaired) electrons. The molecule has 3 N–H and O–H groups in total. The molecule has 9 heteroatoms. The van der Waals surface area contributed by atoms with Crippen LogP contribution in [0.4, 0.5) is 4.79 Å². The third-order valence-electron chi connectivity index (χ3n) is 5.99. The number of piperidine rings is 1. The quantitative estimate of drug-likeness (QED) is 0.557. The number of nitrogens with one attached hydrogen (secondary N) is 2. The fourth-order valence-electron chi connectivity index (χ4n) is 3.98. The number of ether oxygens (including phenoxy) is 1. The van der Waals surface area contributed by atoms with Crippen molar-refractivity contribution >= 4 is 23.9 Å². The van der Waals surface area contributed by atoms with Gasteiger partial charge in [0.1, 0.15) is 17.7 Å². The predicted molar refractivity (Wildman–Crippen MR) is 127 cm³/mol. The molecular formula is C25H37N3O6. The normalized spacial score (nSPS) is 17.4. The topological polar surface area (TPSA) is 125 Å². The molecule has 0 spiro atoms. The fourth-order valence-corrected chi connectivity index (χ4v) is 3.98. The van der Waals surface area contributed by atoms with Crippen molar-refractivity contribution in [1.82, 2.24) is 15.5 Å². The van der Waals surface area contributed by atoms with Crippen molar-refractivity contribution in [2.75, 3.05) is 13.1 Å². The van der Waals surface area contributed by atoms with Gasteiger partial charge in [-0.1, -0.05) is 44.2 Å². The highest BCUT2D eigenvalue weighted by Gasteiger charge is 2.45. The van der Waals surface area contributed by atoms with Gasteiger partial charge in [-0.05, 0) is 52.0 Å². The van der Waals surface area contributed by atoms with Crippen LogP contribution in [0.25, 0.3) is 0 Å². The number of benzene rings is 1. The van der Waals surface area contributed by atoms with Gasteiger partial charge in [0, 0.05) is 13.1 Å². The molecule has 1 aliphatic rings. The molecule has 2 atom stereocenters. The van der Waals surface area contributed by atoms with E-state index >= 15 is 0 Å². The first-order valence-corrected chi connectivity index (χ1v) is 11.6. The van der Waals surface area contributed by atoms with E-state index in [1.165, 1.54) is 6.92 Å². The van der Waals surface area contributed by atoms with E-state index in [4.69, 9.17) is 9.84 Å². The van der Waals surface area contributed by atoms with Crippen LogP contribution in [-0.4, -0.2) is 64.7 Å². The van der Waals surface area contributed by atoms with E-state index in [2.05, 4.69) is 10.6 Å². The van der Waals surface area contributed by atoms with Crippen molar-refractivity contribution in [3.8, 4) is 0 Å². The van der Waals surface area contributed by atoms with E-state index in [1.54, 1.807) is 39.5 Å². The van der Waals surface area contributed by atoms with Crippen molar-refractivity contribution in [2.24, 2.45) is 5.92 Å². The number of aliphatic carboxylic acids is 1. The molecule has 0 aliphatic carbocycles. The van der Waals surface area contributed by atoms with Gasteiger partial charge >= 0.3 is 12.1 Å². The molecule has 3 amide bonds. The summed E-state index contributed by atoms with van der Waals surface area (Å²) in [6.45, 7) is 11.0. The summed E-state index contributed by atoms with van der Waals surface area (Å²) < 4.78 is 5.48. The van der Waals surface area contributed by atoms with E-state index in [9.17, 15) is 19.2 Å². The summed E-state index contributed by atoms with van der Waals surface area (Å²) in [5.74, 6) is -2.29. The van der Waals surface area contributed by atoms with Crippen molar-refractivity contribution in [2.45, 2.75) is 77.5 Å². The van der Waals surface area contributed by atoms with Crippen molar-refractivity contribution in [3.05, 3.63) is 35.9 Å². The van der Waals surface area contributed by atoms with Crippen LogP contribution in [0.15, 0.2) is 30.3 Å². The Kier molecular flexibility index (Phi) is 8.69. The highest BCUT2D eigenvalue weighted by molar-refractivity contribution is 5.94. The van der Waals surface area contributed by atoms with E-state index in [1.807, 2.05) is 30.3 Å². The summed E-state index contributed by atoms with van der Waals surface area (Å²) in [5, 5.41) is 14.4. The zero-order valence-corrected chi connectivity index (χ0v) is 20.9. The zero-order valence-electron chi connectivity index (χ0n) is 20.9. The molecule has 0 unspecified atom stereocenters. The number of rotatable bonds is 7. The summed E-state index contributed by atoms with van der Waals surface area (Å²) in [7, 11) is 0. The molecule has 1 aromatic carbocycles. The second kappa shape index (κ2) is 10.9. The molecule has 1 fully saturated rings. The number of carbonyl (C=O) groups is 4. The molecule has 0 bridgehead atoms. The number of amides is 3. The number of carboxylic acids is 1. The molecule has 2 rings (SSSR count). The van der Waals surface area contributed by atoms with Crippen LogP contribution < -0.4 is 10.6 Å². The first-order chi connectivity index (χ1) is 15.8. The Bertz CT molecular complexity index is 886. The SMILES string of the molecule is CC(C)[C@H](NC(=O)C1(c2ccccc2)CCN(C(=O)OC(C)(C)C)CC1)C(=O)N[C@H](C)C(=O)O. The van der Waals surface area contributed by atoms with Gasteiger partial charge in [-0.3, -0.25) is 14.4 Å². The highest BCUT2D eigenvalue weighted by Crippen LogP contribution is 2.36. The summed E-state index contributed by atoms with van der Waals surface area (Å²) in [5.41, 5.74) is -0.753. The lowest BCUT2D eigenvalue weighted by molar-refractivity contribution is -0.142. The molecule has 0 aromatic heterocycles. The monoisotopic (exact) mass is 475 g/mol. The van der Waals surface area contributed by atoms with Crippen molar-refractivity contribution in [3.63, 3.8) is 0 Å². The Balaban J connectivity index is 2.26. The van der Waals surface area contributed by atoms with Crippen LogP contribution in [0.2, 0.25) is 0 Å². The molecule has 9 nitrogen and oxygen atoms in total. The standard InChI is InChI=1S/C25H37N3O6/c1-16(2)19(20(29)26-17(3)21(30)31)27-22(32)25(18-10-8-7-9-11-18)12-14-28(15-13-25)23(33)34-24(4,5)6/h7-11,16-17,19H,12-15H2,1-6H3,(H,26,29)(H,27,32)(H,30,31)/t17-,19+/m1/s1. The summed E-state index contributed by atoms with van der Waals surface area (Å²) in [4.78, 5) is 51.8. The maximum absolute atomic E-state index is 13.7. The molecule has 1 aliphatic heterocycles. The molecule has 1 heterocycles. The third-order valence-corrected chi connectivity index (χ3v) is 5.99. The minimum absolute atomic E-state index is 0.264. The first kappa shape index (κ1) is 27.1. The molecule has 34 heavy (non-hydrogen) atoms. The Hall–Kier alpha value is -3.10. The van der Waals surface area contributed by atoms with Crippen LogP contribution in [-0.2, 0) is 24.5 Å². The Morgan fingerprint density at radius 1 is 1.00 bits per heavy atom. The predicted octanol–water partition coefficient (Wildman–Crippen LogP) is 2.69. The van der Waals surface area contributed by atoms with Gasteiger partial charge in [0.25, 0.3) is 0 Å². The summed E-state index contributed by atoms with van der Waals surface area (Å²) in [6.07, 6.45) is 0.303. The van der Waals surface area contributed by atoms with Gasteiger partial charge in [0.15, 0.2) is 0 Å². The third kappa shape index (κ3) is 6.71. The van der Waals surface area contributed by atoms with Crippen molar-refractivity contribution < 1.29 is 29.0 Å². The Morgan fingerprint density at radius 3 is 2.03 bits per heavy atom. The van der Waals surface area contributed by atoms with Crippen molar-refractivity contribution in [1.29, 1.82) is 0 Å². The smallest absolute Gasteiger partial charge is 0.410 e. The zero-order chi connectivity index (χ0) is 25.7. The molecule has 1 saturated heterocycles. The van der Waals surface area contributed by atoms with Gasteiger partial charge in [0.05, 0.1) is 5.41 Å². The van der Waals surface area contributed by atoms with Crippen LogP contribution in [0, 0.1) is 5.92 Å². The van der Waals surface area contributed by atoms with E-state index in [-0.39, 0.29) is 11.8 Å². The minimum Gasteiger partial charge on any atom is -0.480 e. The second-order valence-corrected chi connectivity index (χ2v) is 10.2. The number of carboxylic acid groups (broad SMARTS) is 1. The lowest BCUT2D eigenvalue weighted by Gasteiger charge is -2.42. The van der Waals surface area contributed by atoms with Gasteiger partial charge in [-0.25, -0.2) is 4.79 Å². The number of carbonyl (C=O) groups excluding carboxylic acids is 3. The van der Waals surface area contributed by atoms with Gasteiger partial charge < -0.3 is 25.4 Å². The van der Waals surface area contributed by atoms with E-state index in [0.29, 0.717) is 25.9 Å². The summed E-state index contributed by atoms with van der Waals surface area (Å²) in [6, 6.07) is 7.34. The van der Waals surface area contributed by atoms with Gasteiger partial charge in [-0.2, -0.15) is 0 Å².